The summed E-state index contributed by atoms with van der Waals surface area (Å²) in [5.74, 6) is -1.54. The van der Waals surface area contributed by atoms with Crippen molar-refractivity contribution in [1.82, 2.24) is 10.1 Å². The van der Waals surface area contributed by atoms with Gasteiger partial charge in [-0.25, -0.2) is 8.78 Å². The lowest BCUT2D eigenvalue weighted by molar-refractivity contribution is -0.131. The Morgan fingerprint density at radius 1 is 1.38 bits per heavy atom. The third-order valence-corrected chi connectivity index (χ3v) is 4.44. The summed E-state index contributed by atoms with van der Waals surface area (Å²) in [4.78, 5) is 14.2. The summed E-state index contributed by atoms with van der Waals surface area (Å²) in [6.45, 7) is 3.64. The molecule has 1 aliphatic rings. The Kier molecular flexibility index (Phi) is 4.36. The maximum Gasteiger partial charge on any atom is 0.227 e. The zero-order valence-corrected chi connectivity index (χ0v) is 13.4. The highest BCUT2D eigenvalue weighted by Crippen LogP contribution is 2.33. The lowest BCUT2D eigenvalue weighted by Gasteiger charge is -2.25. The monoisotopic (exact) mass is 336 g/mol. The summed E-state index contributed by atoms with van der Waals surface area (Å²) >= 11 is 0. The molecule has 3 rings (SSSR count). The number of aromatic nitrogens is 1. The highest BCUT2D eigenvalue weighted by Gasteiger charge is 2.36. The van der Waals surface area contributed by atoms with Crippen LogP contribution in [0.1, 0.15) is 35.0 Å². The molecule has 0 saturated carbocycles. The van der Waals surface area contributed by atoms with E-state index in [1.807, 2.05) is 0 Å². The molecular formula is C17H18F2N2O3. The number of hydrogen-bond acceptors (Lipinski definition) is 4. The van der Waals surface area contributed by atoms with E-state index in [1.54, 1.807) is 13.8 Å². The van der Waals surface area contributed by atoms with Crippen molar-refractivity contribution >= 4 is 5.91 Å². The minimum absolute atomic E-state index is 0.0913. The van der Waals surface area contributed by atoms with Gasteiger partial charge in [0.25, 0.3) is 0 Å². The fraction of sp³-hybridized carbons (Fsp3) is 0.412. The number of aliphatic hydroxyl groups excluding tert-OH is 1. The van der Waals surface area contributed by atoms with Gasteiger partial charge in [-0.2, -0.15) is 0 Å². The molecule has 5 nitrogen and oxygen atoms in total. The molecule has 0 aliphatic carbocycles. The predicted octanol–water partition coefficient (Wildman–Crippen LogP) is 2.45. The van der Waals surface area contributed by atoms with E-state index in [0.717, 1.165) is 12.1 Å². The zero-order chi connectivity index (χ0) is 17.4. The Morgan fingerprint density at radius 3 is 2.75 bits per heavy atom. The van der Waals surface area contributed by atoms with Crippen LogP contribution in [0.4, 0.5) is 8.78 Å². The Labute approximate surface area is 137 Å². The first-order valence-electron chi connectivity index (χ1n) is 7.71. The standard InChI is InChI=1S/C17H18F2N2O3/c1-9-13(10(2)24-20-9)7-17(23)21-8-12(22)6-16(21)11-3-4-14(18)15(19)5-11/h3-5,12,16,22H,6-8H2,1-2H3/t12-,16-/m0/s1. The van der Waals surface area contributed by atoms with Crippen LogP contribution >= 0.6 is 0 Å². The largest absolute Gasteiger partial charge is 0.391 e. The van der Waals surface area contributed by atoms with Gasteiger partial charge in [0.15, 0.2) is 11.6 Å². The molecule has 0 unspecified atom stereocenters. The molecule has 1 aliphatic heterocycles. The number of carbonyl (C=O) groups is 1. The van der Waals surface area contributed by atoms with Crippen molar-refractivity contribution in [3.63, 3.8) is 0 Å². The molecule has 0 bridgehead atoms. The van der Waals surface area contributed by atoms with E-state index < -0.39 is 23.8 Å². The molecule has 1 aromatic heterocycles. The molecule has 1 N–H and O–H groups in total. The normalized spacial score (nSPS) is 20.6. The van der Waals surface area contributed by atoms with E-state index in [-0.39, 0.29) is 18.9 Å². The summed E-state index contributed by atoms with van der Waals surface area (Å²) in [5.41, 5.74) is 1.83. The van der Waals surface area contributed by atoms with Gasteiger partial charge in [-0.15, -0.1) is 0 Å². The Hall–Kier alpha value is -2.28. The smallest absolute Gasteiger partial charge is 0.227 e. The van der Waals surface area contributed by atoms with Gasteiger partial charge >= 0.3 is 0 Å². The Morgan fingerprint density at radius 2 is 2.12 bits per heavy atom. The summed E-state index contributed by atoms with van der Waals surface area (Å²) in [6.07, 6.45) is -0.316. The second-order valence-corrected chi connectivity index (χ2v) is 6.10. The first kappa shape index (κ1) is 16.6. The summed E-state index contributed by atoms with van der Waals surface area (Å²) in [6, 6.07) is 3.07. The topological polar surface area (TPSA) is 66.6 Å². The van der Waals surface area contributed by atoms with Crippen LogP contribution in [0.15, 0.2) is 22.7 Å². The molecule has 1 fully saturated rings. The summed E-state index contributed by atoms with van der Waals surface area (Å²) < 4.78 is 31.7. The van der Waals surface area contributed by atoms with Crippen molar-refractivity contribution in [2.45, 2.75) is 38.8 Å². The second kappa shape index (κ2) is 6.32. The van der Waals surface area contributed by atoms with Gasteiger partial charge in [-0.3, -0.25) is 4.79 Å². The predicted molar refractivity (Wildman–Crippen MR) is 81.1 cm³/mol. The minimum atomic E-state index is -0.966. The number of hydrogen-bond donors (Lipinski definition) is 1. The van der Waals surface area contributed by atoms with Crippen molar-refractivity contribution in [2.75, 3.05) is 6.54 Å². The van der Waals surface area contributed by atoms with Crippen LogP contribution in [-0.2, 0) is 11.2 Å². The van der Waals surface area contributed by atoms with E-state index in [4.69, 9.17) is 4.52 Å². The second-order valence-electron chi connectivity index (χ2n) is 6.10. The SMILES string of the molecule is Cc1noc(C)c1CC(=O)N1C[C@@H](O)C[C@H]1c1ccc(F)c(F)c1. The van der Waals surface area contributed by atoms with Crippen molar-refractivity contribution in [3.05, 3.63) is 52.4 Å². The van der Waals surface area contributed by atoms with Gasteiger partial charge in [0.05, 0.1) is 24.3 Å². The average molecular weight is 336 g/mol. The summed E-state index contributed by atoms with van der Waals surface area (Å²) in [7, 11) is 0. The molecule has 128 valence electrons. The van der Waals surface area contributed by atoms with E-state index in [1.165, 1.54) is 11.0 Å². The highest BCUT2D eigenvalue weighted by atomic mass is 19.2. The molecule has 7 heteroatoms. The van der Waals surface area contributed by atoms with E-state index >= 15 is 0 Å². The molecular weight excluding hydrogens is 318 g/mol. The molecule has 1 aromatic carbocycles. The van der Waals surface area contributed by atoms with Gasteiger partial charge in [-0.05, 0) is 38.0 Å². The number of halogens is 2. The van der Waals surface area contributed by atoms with E-state index in [0.29, 0.717) is 29.0 Å². The maximum absolute atomic E-state index is 13.5. The number of amides is 1. The van der Waals surface area contributed by atoms with Gasteiger partial charge in [-0.1, -0.05) is 11.2 Å². The van der Waals surface area contributed by atoms with Crippen LogP contribution in [0.25, 0.3) is 0 Å². The third-order valence-electron chi connectivity index (χ3n) is 4.44. The van der Waals surface area contributed by atoms with Crippen molar-refractivity contribution in [1.29, 1.82) is 0 Å². The molecule has 0 spiro atoms. The number of carbonyl (C=O) groups excluding carboxylic acids is 1. The van der Waals surface area contributed by atoms with Crippen LogP contribution in [0.3, 0.4) is 0 Å². The lowest BCUT2D eigenvalue weighted by Crippen LogP contribution is -2.33. The van der Waals surface area contributed by atoms with Crippen LogP contribution in [0, 0.1) is 25.5 Å². The Bertz CT molecular complexity index is 756. The molecule has 2 atom stereocenters. The van der Waals surface area contributed by atoms with Crippen molar-refractivity contribution in [2.24, 2.45) is 0 Å². The maximum atomic E-state index is 13.5. The molecule has 24 heavy (non-hydrogen) atoms. The van der Waals surface area contributed by atoms with Crippen LogP contribution in [0.5, 0.6) is 0 Å². The number of aryl methyl sites for hydroxylation is 2. The quantitative estimate of drug-likeness (QED) is 0.935. The number of likely N-dealkylation sites (tertiary alicyclic amines) is 1. The minimum Gasteiger partial charge on any atom is -0.391 e. The summed E-state index contributed by atoms with van der Waals surface area (Å²) in [5, 5.41) is 13.8. The van der Waals surface area contributed by atoms with E-state index in [2.05, 4.69) is 5.16 Å². The fourth-order valence-electron chi connectivity index (χ4n) is 3.13. The molecule has 1 amide bonds. The molecule has 1 saturated heterocycles. The number of aliphatic hydroxyl groups is 1. The molecule has 2 heterocycles. The van der Waals surface area contributed by atoms with Crippen LogP contribution in [0.2, 0.25) is 0 Å². The number of β-amino-alcohol motifs (C(OH)–C–C–N with tert-alkyl or cyclic N) is 1. The lowest BCUT2D eigenvalue weighted by atomic mass is 10.0. The molecule has 0 radical (unpaired) electrons. The van der Waals surface area contributed by atoms with Crippen LogP contribution in [-0.4, -0.2) is 33.7 Å². The van der Waals surface area contributed by atoms with Gasteiger partial charge in [0.1, 0.15) is 5.76 Å². The van der Waals surface area contributed by atoms with Gasteiger partial charge < -0.3 is 14.5 Å². The Balaban J connectivity index is 1.84. The molecule has 2 aromatic rings. The van der Waals surface area contributed by atoms with Gasteiger partial charge in [0.2, 0.25) is 5.91 Å². The fourth-order valence-corrected chi connectivity index (χ4v) is 3.13. The first-order valence-corrected chi connectivity index (χ1v) is 7.71. The third kappa shape index (κ3) is 3.03. The van der Waals surface area contributed by atoms with Crippen molar-refractivity contribution < 1.29 is 23.2 Å². The van der Waals surface area contributed by atoms with Crippen molar-refractivity contribution in [3.8, 4) is 0 Å². The van der Waals surface area contributed by atoms with Gasteiger partial charge in [0, 0.05) is 12.1 Å². The zero-order valence-electron chi connectivity index (χ0n) is 13.4. The average Bonchev–Trinajstić information content (AvgIpc) is 3.07. The number of benzene rings is 1. The van der Waals surface area contributed by atoms with Crippen LogP contribution < -0.4 is 0 Å². The van der Waals surface area contributed by atoms with E-state index in [9.17, 15) is 18.7 Å². The number of nitrogens with zero attached hydrogens (tertiary/aromatic N) is 2. The highest BCUT2D eigenvalue weighted by molar-refractivity contribution is 5.80. The first-order chi connectivity index (χ1) is 11.4. The number of rotatable bonds is 3.